The van der Waals surface area contributed by atoms with E-state index in [1.54, 1.807) is 0 Å². The van der Waals surface area contributed by atoms with Gasteiger partial charge in [-0.1, -0.05) is 12.1 Å². The Morgan fingerprint density at radius 1 is 1.47 bits per heavy atom. The van der Waals surface area contributed by atoms with Gasteiger partial charge in [-0.3, -0.25) is 4.90 Å². The van der Waals surface area contributed by atoms with Gasteiger partial charge in [0, 0.05) is 12.1 Å². The number of rotatable bonds is 4. The van der Waals surface area contributed by atoms with Crippen LogP contribution in [-0.4, -0.2) is 31.1 Å². The lowest BCUT2D eigenvalue weighted by Gasteiger charge is -2.31. The van der Waals surface area contributed by atoms with Crippen molar-refractivity contribution in [2.24, 2.45) is 5.92 Å². The summed E-state index contributed by atoms with van der Waals surface area (Å²) >= 11 is 0. The molecule has 2 atom stereocenters. The largest absolute Gasteiger partial charge is 0.319 e. The average Bonchev–Trinajstić information content (AvgIpc) is 2.83. The van der Waals surface area contributed by atoms with Gasteiger partial charge < -0.3 is 5.32 Å². The molecule has 0 bridgehead atoms. The summed E-state index contributed by atoms with van der Waals surface area (Å²) in [5, 5.41) is 12.4. The zero-order chi connectivity index (χ0) is 13.8. The smallest absolute Gasteiger partial charge is 0.0991 e. The molecule has 3 nitrogen and oxygen atoms in total. The van der Waals surface area contributed by atoms with Gasteiger partial charge in [0.1, 0.15) is 0 Å². The molecule has 3 heteroatoms. The SMILES string of the molecule is CNCC1CCN(C(C)C)C1c1cccc(C#N)c1. The molecule has 102 valence electrons. The van der Waals surface area contributed by atoms with E-state index >= 15 is 0 Å². The van der Waals surface area contributed by atoms with Crippen LogP contribution in [0.5, 0.6) is 0 Å². The summed E-state index contributed by atoms with van der Waals surface area (Å²) in [4.78, 5) is 2.55. The minimum atomic E-state index is 0.431. The Morgan fingerprint density at radius 3 is 2.89 bits per heavy atom. The topological polar surface area (TPSA) is 39.1 Å². The highest BCUT2D eigenvalue weighted by Gasteiger charge is 2.35. The Hall–Kier alpha value is -1.37. The summed E-state index contributed by atoms with van der Waals surface area (Å²) in [5.74, 6) is 0.626. The Morgan fingerprint density at radius 2 is 2.26 bits per heavy atom. The van der Waals surface area contributed by atoms with E-state index in [0.29, 0.717) is 18.0 Å². The van der Waals surface area contributed by atoms with Crippen molar-refractivity contribution in [3.8, 4) is 6.07 Å². The molecule has 2 rings (SSSR count). The average molecular weight is 257 g/mol. The van der Waals surface area contributed by atoms with Crippen LogP contribution in [0.2, 0.25) is 0 Å². The van der Waals surface area contributed by atoms with Gasteiger partial charge in [-0.05, 0) is 64.0 Å². The van der Waals surface area contributed by atoms with Gasteiger partial charge in [0.25, 0.3) is 0 Å². The maximum Gasteiger partial charge on any atom is 0.0991 e. The molecule has 0 amide bonds. The molecule has 1 N–H and O–H groups in total. The van der Waals surface area contributed by atoms with E-state index in [1.165, 1.54) is 12.0 Å². The molecule has 1 saturated heterocycles. The van der Waals surface area contributed by atoms with Gasteiger partial charge in [-0.15, -0.1) is 0 Å². The predicted octanol–water partition coefficient (Wildman–Crippen LogP) is 2.55. The van der Waals surface area contributed by atoms with E-state index in [0.717, 1.165) is 18.7 Å². The Bertz CT molecular complexity index is 461. The van der Waals surface area contributed by atoms with Crippen molar-refractivity contribution in [2.75, 3.05) is 20.1 Å². The van der Waals surface area contributed by atoms with E-state index in [4.69, 9.17) is 5.26 Å². The van der Waals surface area contributed by atoms with Gasteiger partial charge in [-0.2, -0.15) is 5.26 Å². The summed E-state index contributed by atoms with van der Waals surface area (Å²) in [6, 6.07) is 11.3. The van der Waals surface area contributed by atoms with E-state index in [9.17, 15) is 0 Å². The fourth-order valence-corrected chi connectivity index (χ4v) is 3.19. The first-order valence-electron chi connectivity index (χ1n) is 7.07. The van der Waals surface area contributed by atoms with Crippen molar-refractivity contribution in [1.82, 2.24) is 10.2 Å². The second kappa shape index (κ2) is 6.18. The first-order valence-corrected chi connectivity index (χ1v) is 7.07. The molecule has 1 aliphatic heterocycles. The molecule has 0 saturated carbocycles. The molecular formula is C16H23N3. The monoisotopic (exact) mass is 257 g/mol. The van der Waals surface area contributed by atoms with Crippen molar-refractivity contribution >= 4 is 0 Å². The quantitative estimate of drug-likeness (QED) is 0.901. The van der Waals surface area contributed by atoms with Crippen LogP contribution in [0.15, 0.2) is 24.3 Å². The van der Waals surface area contributed by atoms with Crippen LogP contribution < -0.4 is 5.32 Å². The Labute approximate surface area is 116 Å². The molecule has 0 spiro atoms. The molecule has 0 radical (unpaired) electrons. The highest BCUT2D eigenvalue weighted by molar-refractivity contribution is 5.35. The number of benzene rings is 1. The first kappa shape index (κ1) is 14.0. The van der Waals surface area contributed by atoms with E-state index in [-0.39, 0.29) is 0 Å². The van der Waals surface area contributed by atoms with Gasteiger partial charge in [-0.25, -0.2) is 0 Å². The highest BCUT2D eigenvalue weighted by Crippen LogP contribution is 2.38. The molecule has 1 aliphatic rings. The Kier molecular flexibility index (Phi) is 4.57. The number of nitrogens with one attached hydrogen (secondary N) is 1. The van der Waals surface area contributed by atoms with E-state index in [2.05, 4.69) is 36.2 Å². The van der Waals surface area contributed by atoms with Crippen LogP contribution in [0.25, 0.3) is 0 Å². The molecule has 0 aromatic heterocycles. The molecule has 1 aromatic carbocycles. The number of nitriles is 1. The van der Waals surface area contributed by atoms with Crippen molar-refractivity contribution < 1.29 is 0 Å². The summed E-state index contributed by atoms with van der Waals surface area (Å²) in [5.41, 5.74) is 2.04. The minimum Gasteiger partial charge on any atom is -0.319 e. The lowest BCUT2D eigenvalue weighted by Crippen LogP contribution is -2.33. The second-order valence-electron chi connectivity index (χ2n) is 5.62. The zero-order valence-electron chi connectivity index (χ0n) is 12.1. The molecule has 2 unspecified atom stereocenters. The molecule has 1 heterocycles. The van der Waals surface area contributed by atoms with Crippen LogP contribution in [0.4, 0.5) is 0 Å². The standard InChI is InChI=1S/C16H23N3/c1-12(2)19-8-7-15(11-18-3)16(19)14-6-4-5-13(9-14)10-17/h4-6,9,12,15-16,18H,7-8,11H2,1-3H3. The Balaban J connectivity index is 2.32. The number of likely N-dealkylation sites (tertiary alicyclic amines) is 1. The number of hydrogen-bond acceptors (Lipinski definition) is 3. The van der Waals surface area contributed by atoms with Crippen LogP contribution in [0, 0.1) is 17.2 Å². The van der Waals surface area contributed by atoms with Crippen LogP contribution in [-0.2, 0) is 0 Å². The van der Waals surface area contributed by atoms with Gasteiger partial charge >= 0.3 is 0 Å². The first-order chi connectivity index (χ1) is 9.17. The van der Waals surface area contributed by atoms with Crippen molar-refractivity contribution in [1.29, 1.82) is 5.26 Å². The summed E-state index contributed by atoms with van der Waals surface area (Å²) in [6.45, 7) is 6.68. The normalized spacial score (nSPS) is 23.7. The number of hydrogen-bond donors (Lipinski definition) is 1. The van der Waals surface area contributed by atoms with Crippen molar-refractivity contribution in [3.05, 3.63) is 35.4 Å². The molecule has 19 heavy (non-hydrogen) atoms. The predicted molar refractivity (Wildman–Crippen MR) is 77.8 cm³/mol. The fourth-order valence-electron chi connectivity index (χ4n) is 3.19. The maximum absolute atomic E-state index is 9.07. The van der Waals surface area contributed by atoms with Crippen LogP contribution in [0.3, 0.4) is 0 Å². The van der Waals surface area contributed by atoms with Gasteiger partial charge in [0.2, 0.25) is 0 Å². The molecular weight excluding hydrogens is 234 g/mol. The minimum absolute atomic E-state index is 0.431. The summed E-state index contributed by atoms with van der Waals surface area (Å²) in [7, 11) is 2.01. The zero-order valence-corrected chi connectivity index (χ0v) is 12.1. The summed E-state index contributed by atoms with van der Waals surface area (Å²) < 4.78 is 0. The number of nitrogens with zero attached hydrogens (tertiary/aromatic N) is 2. The molecule has 1 fully saturated rings. The highest BCUT2D eigenvalue weighted by atomic mass is 15.2. The third kappa shape index (κ3) is 2.97. The van der Waals surface area contributed by atoms with E-state index in [1.807, 2.05) is 25.2 Å². The van der Waals surface area contributed by atoms with Gasteiger partial charge in [0.15, 0.2) is 0 Å². The van der Waals surface area contributed by atoms with Crippen molar-refractivity contribution in [2.45, 2.75) is 32.4 Å². The van der Waals surface area contributed by atoms with Gasteiger partial charge in [0.05, 0.1) is 11.6 Å². The van der Waals surface area contributed by atoms with E-state index < -0.39 is 0 Å². The maximum atomic E-state index is 9.07. The van der Waals surface area contributed by atoms with Crippen LogP contribution in [0.1, 0.15) is 37.4 Å². The lowest BCUT2D eigenvalue weighted by atomic mass is 9.92. The lowest BCUT2D eigenvalue weighted by molar-refractivity contribution is 0.182. The molecule has 0 aliphatic carbocycles. The second-order valence-corrected chi connectivity index (χ2v) is 5.62. The van der Waals surface area contributed by atoms with Crippen LogP contribution >= 0.6 is 0 Å². The molecule has 1 aromatic rings. The fraction of sp³-hybridized carbons (Fsp3) is 0.562. The summed E-state index contributed by atoms with van der Waals surface area (Å²) in [6.07, 6.45) is 1.22. The van der Waals surface area contributed by atoms with Crippen molar-refractivity contribution in [3.63, 3.8) is 0 Å². The third-order valence-electron chi connectivity index (χ3n) is 4.05. The third-order valence-corrected chi connectivity index (χ3v) is 4.05.